The van der Waals surface area contributed by atoms with Gasteiger partial charge in [-0.2, -0.15) is 0 Å². The lowest BCUT2D eigenvalue weighted by Crippen LogP contribution is -2.52. The molecule has 1 atom stereocenters. The van der Waals surface area contributed by atoms with Crippen LogP contribution in [-0.2, 0) is 9.59 Å². The first-order valence-electron chi connectivity index (χ1n) is 14.3. The smallest absolute Gasteiger partial charge is 0.242 e. The van der Waals surface area contributed by atoms with Gasteiger partial charge in [-0.05, 0) is 42.2 Å². The zero-order valence-corrected chi connectivity index (χ0v) is 24.0. The van der Waals surface area contributed by atoms with Crippen molar-refractivity contribution in [2.45, 2.75) is 32.7 Å². The third-order valence-corrected chi connectivity index (χ3v) is 8.35. The van der Waals surface area contributed by atoms with Gasteiger partial charge < -0.3 is 24.8 Å². The van der Waals surface area contributed by atoms with Crippen molar-refractivity contribution in [3.8, 4) is 5.75 Å². The lowest BCUT2D eigenvalue weighted by molar-refractivity contribution is -0.130. The third-order valence-electron chi connectivity index (χ3n) is 8.35. The van der Waals surface area contributed by atoms with Gasteiger partial charge in [0, 0.05) is 55.6 Å². The molecule has 1 amide bonds. The lowest BCUT2D eigenvalue weighted by Gasteiger charge is -2.40. The fourth-order valence-electron chi connectivity index (χ4n) is 6.41. The highest BCUT2D eigenvalue weighted by Gasteiger charge is 2.43. The van der Waals surface area contributed by atoms with Gasteiger partial charge in [-0.3, -0.25) is 9.59 Å². The predicted octanol–water partition coefficient (Wildman–Crippen LogP) is 5.06. The summed E-state index contributed by atoms with van der Waals surface area (Å²) in [4.78, 5) is 38.7. The molecule has 41 heavy (non-hydrogen) atoms. The van der Waals surface area contributed by atoms with E-state index in [-0.39, 0.29) is 23.7 Å². The number of para-hydroxylation sites is 3. The molecule has 1 unspecified atom stereocenters. The number of nitrogens with zero attached hydrogens (tertiary/aromatic N) is 4. The van der Waals surface area contributed by atoms with Gasteiger partial charge in [0.2, 0.25) is 5.91 Å². The van der Waals surface area contributed by atoms with Gasteiger partial charge in [0.15, 0.2) is 5.78 Å². The molecule has 1 N–H and O–H groups in total. The van der Waals surface area contributed by atoms with Crippen LogP contribution >= 0.6 is 0 Å². The van der Waals surface area contributed by atoms with Crippen molar-refractivity contribution in [1.29, 1.82) is 0 Å². The van der Waals surface area contributed by atoms with Gasteiger partial charge in [-0.15, -0.1) is 0 Å². The largest absolute Gasteiger partial charge is 0.496 e. The number of aromatic nitrogens is 1. The maximum absolute atomic E-state index is 14.0. The Morgan fingerprint density at radius 1 is 0.976 bits per heavy atom. The summed E-state index contributed by atoms with van der Waals surface area (Å²) in [5.41, 5.74) is 4.15. The van der Waals surface area contributed by atoms with E-state index in [1.807, 2.05) is 71.6 Å². The molecular formula is C33H37N5O3. The van der Waals surface area contributed by atoms with Crippen molar-refractivity contribution in [3.05, 3.63) is 89.8 Å². The van der Waals surface area contributed by atoms with E-state index in [0.29, 0.717) is 25.3 Å². The second-order valence-electron chi connectivity index (χ2n) is 11.8. The Hall–Kier alpha value is -4.33. The minimum atomic E-state index is -0.473. The number of amides is 1. The van der Waals surface area contributed by atoms with E-state index in [9.17, 15) is 9.59 Å². The highest BCUT2D eigenvalue weighted by atomic mass is 16.5. The number of rotatable bonds is 5. The van der Waals surface area contributed by atoms with Crippen molar-refractivity contribution >= 4 is 28.9 Å². The van der Waals surface area contributed by atoms with Crippen molar-refractivity contribution in [3.63, 3.8) is 0 Å². The fourth-order valence-corrected chi connectivity index (χ4v) is 6.41. The highest BCUT2D eigenvalue weighted by molar-refractivity contribution is 6.02. The van der Waals surface area contributed by atoms with Gasteiger partial charge in [0.05, 0.1) is 31.1 Å². The Kier molecular flexibility index (Phi) is 7.15. The number of hydrogen-bond acceptors (Lipinski definition) is 7. The van der Waals surface area contributed by atoms with Gasteiger partial charge in [0.1, 0.15) is 11.6 Å². The van der Waals surface area contributed by atoms with E-state index in [2.05, 4.69) is 33.9 Å². The normalized spacial score (nSPS) is 20.1. The summed E-state index contributed by atoms with van der Waals surface area (Å²) in [6.45, 7) is 7.08. The Bertz CT molecular complexity index is 1480. The molecular weight excluding hydrogens is 514 g/mol. The zero-order valence-electron chi connectivity index (χ0n) is 24.0. The van der Waals surface area contributed by atoms with Crippen LogP contribution in [0.1, 0.15) is 38.3 Å². The Morgan fingerprint density at radius 3 is 2.46 bits per heavy atom. The van der Waals surface area contributed by atoms with Crippen LogP contribution in [0.5, 0.6) is 5.75 Å². The number of piperazine rings is 1. The number of ether oxygens (including phenoxy) is 1. The number of fused-ring (bicyclic) bond motifs is 1. The summed E-state index contributed by atoms with van der Waals surface area (Å²) in [5.74, 6) is 1.77. The molecule has 3 heterocycles. The quantitative estimate of drug-likeness (QED) is 0.475. The number of anilines is 3. The first-order chi connectivity index (χ1) is 19.8. The Balaban J connectivity index is 1.38. The number of carbonyl (C=O) groups excluding carboxylic acids is 2. The number of ketones is 1. The summed E-state index contributed by atoms with van der Waals surface area (Å²) in [6.07, 6.45) is 2.99. The maximum atomic E-state index is 14.0. The van der Waals surface area contributed by atoms with Crippen molar-refractivity contribution in [1.82, 2.24) is 9.88 Å². The molecule has 8 heteroatoms. The van der Waals surface area contributed by atoms with Gasteiger partial charge in [-0.1, -0.05) is 50.2 Å². The second-order valence-corrected chi connectivity index (χ2v) is 11.8. The minimum Gasteiger partial charge on any atom is -0.496 e. The van der Waals surface area contributed by atoms with E-state index in [4.69, 9.17) is 4.74 Å². The summed E-state index contributed by atoms with van der Waals surface area (Å²) < 4.78 is 5.82. The molecule has 0 bridgehead atoms. The SMILES string of the molecule is COc1ccccc1C1C2=C(CC(C)(C)CC2=O)Nc2ccccc2N1CC(=O)N1CCN(c2ccccn2)CC1. The molecule has 3 aromatic rings. The second kappa shape index (κ2) is 10.9. The number of carbonyl (C=O) groups is 2. The van der Waals surface area contributed by atoms with Crippen LogP contribution < -0.4 is 19.9 Å². The van der Waals surface area contributed by atoms with Crippen LogP contribution in [-0.4, -0.2) is 61.4 Å². The molecule has 1 aliphatic carbocycles. The van der Waals surface area contributed by atoms with Crippen molar-refractivity contribution in [2.75, 3.05) is 55.0 Å². The minimum absolute atomic E-state index is 0.0352. The molecule has 8 nitrogen and oxygen atoms in total. The standard InChI is InChI=1S/C33H37N5O3/c1-33(2)20-25-31(27(39)21-33)32(23-10-4-7-13-28(23)41-3)38(26-12-6-5-11-24(26)35-25)22-30(40)37-18-16-36(17-19-37)29-14-8-9-15-34-29/h4-15,32,35H,16-22H2,1-3H3. The van der Waals surface area contributed by atoms with E-state index in [0.717, 1.165) is 53.5 Å². The average Bonchev–Trinajstić information content (AvgIpc) is 3.11. The zero-order chi connectivity index (χ0) is 28.6. The number of allylic oxidation sites excluding steroid dienone is 1. The van der Waals surface area contributed by atoms with Crippen LogP contribution in [0.25, 0.3) is 0 Å². The van der Waals surface area contributed by atoms with E-state index < -0.39 is 6.04 Å². The predicted molar refractivity (Wildman–Crippen MR) is 161 cm³/mol. The number of Topliss-reactive ketones (excluding diaryl/α,β-unsaturated/α-hetero) is 1. The van der Waals surface area contributed by atoms with Gasteiger partial charge in [-0.25, -0.2) is 4.98 Å². The topological polar surface area (TPSA) is 78.0 Å². The van der Waals surface area contributed by atoms with Gasteiger partial charge in [0.25, 0.3) is 0 Å². The summed E-state index contributed by atoms with van der Waals surface area (Å²) in [6, 6.07) is 21.3. The van der Waals surface area contributed by atoms with Crippen molar-refractivity contribution < 1.29 is 14.3 Å². The summed E-state index contributed by atoms with van der Waals surface area (Å²) >= 11 is 0. The highest BCUT2D eigenvalue weighted by Crippen LogP contribution is 2.49. The summed E-state index contributed by atoms with van der Waals surface area (Å²) in [7, 11) is 1.65. The van der Waals surface area contributed by atoms with Crippen LogP contribution in [0.15, 0.2) is 84.2 Å². The van der Waals surface area contributed by atoms with Gasteiger partial charge >= 0.3 is 0 Å². The molecule has 3 aliphatic rings. The monoisotopic (exact) mass is 551 g/mol. The van der Waals surface area contributed by atoms with E-state index >= 15 is 0 Å². The van der Waals surface area contributed by atoms with Crippen LogP contribution in [0.4, 0.5) is 17.2 Å². The fraction of sp³-hybridized carbons (Fsp3) is 0.364. The molecule has 1 aromatic heterocycles. The molecule has 0 saturated carbocycles. The Labute approximate surface area is 241 Å². The number of pyridine rings is 1. The van der Waals surface area contributed by atoms with Crippen LogP contribution in [0, 0.1) is 5.41 Å². The van der Waals surface area contributed by atoms with Crippen molar-refractivity contribution in [2.24, 2.45) is 5.41 Å². The first kappa shape index (κ1) is 26.9. The molecule has 0 radical (unpaired) electrons. The maximum Gasteiger partial charge on any atom is 0.242 e. The average molecular weight is 552 g/mol. The number of benzene rings is 2. The molecule has 1 fully saturated rings. The van der Waals surface area contributed by atoms with E-state index in [1.165, 1.54) is 0 Å². The molecule has 1 saturated heterocycles. The number of nitrogens with one attached hydrogen (secondary N) is 1. The first-order valence-corrected chi connectivity index (χ1v) is 14.3. The van der Waals surface area contributed by atoms with E-state index in [1.54, 1.807) is 13.3 Å². The lowest BCUT2D eigenvalue weighted by atomic mass is 9.73. The van der Waals surface area contributed by atoms with Crippen LogP contribution in [0.2, 0.25) is 0 Å². The third kappa shape index (κ3) is 5.26. The molecule has 6 rings (SSSR count). The molecule has 2 aliphatic heterocycles. The summed E-state index contributed by atoms with van der Waals surface area (Å²) in [5, 5.41) is 3.63. The van der Waals surface area contributed by atoms with Crippen LogP contribution in [0.3, 0.4) is 0 Å². The number of methoxy groups -OCH3 is 1. The molecule has 0 spiro atoms. The molecule has 212 valence electrons. The Morgan fingerprint density at radius 2 is 1.71 bits per heavy atom. The molecule has 2 aromatic carbocycles. The number of hydrogen-bond donors (Lipinski definition) is 1.